The van der Waals surface area contributed by atoms with E-state index in [1.54, 1.807) is 0 Å². The fourth-order valence-corrected chi connectivity index (χ4v) is 3.03. The number of nitrogens with two attached hydrogens (primary N) is 1. The van der Waals surface area contributed by atoms with Gasteiger partial charge in [-0.15, -0.1) is 0 Å². The van der Waals surface area contributed by atoms with Crippen molar-refractivity contribution in [2.24, 2.45) is 0 Å². The molecular formula is C15H21N3. The van der Waals surface area contributed by atoms with Crippen molar-refractivity contribution in [3.8, 4) is 0 Å². The molecule has 1 unspecified atom stereocenters. The third-order valence-electron chi connectivity index (χ3n) is 4.17. The van der Waals surface area contributed by atoms with E-state index in [9.17, 15) is 0 Å². The molecule has 2 aromatic rings. The average Bonchev–Trinajstić information content (AvgIpc) is 2.93. The molecule has 0 amide bonds. The van der Waals surface area contributed by atoms with Gasteiger partial charge in [0.05, 0.1) is 5.52 Å². The van der Waals surface area contributed by atoms with Crippen molar-refractivity contribution < 1.29 is 0 Å². The van der Waals surface area contributed by atoms with Crippen LogP contribution in [0.15, 0.2) is 30.5 Å². The van der Waals surface area contributed by atoms with Crippen LogP contribution in [0.25, 0.3) is 10.9 Å². The van der Waals surface area contributed by atoms with Gasteiger partial charge in [-0.25, -0.2) is 0 Å². The maximum absolute atomic E-state index is 5.87. The minimum absolute atomic E-state index is 0.753. The third kappa shape index (κ3) is 2.10. The normalized spacial score (nSPS) is 20.8. The molecule has 2 N–H and O–H groups in total. The van der Waals surface area contributed by atoms with Gasteiger partial charge in [-0.2, -0.15) is 0 Å². The number of hydrogen-bond donors (Lipinski definition) is 1. The maximum atomic E-state index is 5.87. The molecule has 1 saturated heterocycles. The molecule has 1 aromatic carbocycles. The molecule has 3 heteroatoms. The van der Waals surface area contributed by atoms with Crippen LogP contribution < -0.4 is 5.73 Å². The molecule has 18 heavy (non-hydrogen) atoms. The SMILES string of the molecule is CN1CCCC1CCn1ccc2ccc(N)cc21. The van der Waals surface area contributed by atoms with E-state index in [1.165, 1.54) is 36.7 Å². The molecule has 0 radical (unpaired) electrons. The molecule has 1 aromatic heterocycles. The van der Waals surface area contributed by atoms with E-state index < -0.39 is 0 Å². The molecule has 0 spiro atoms. The van der Waals surface area contributed by atoms with Crippen LogP contribution in [0.2, 0.25) is 0 Å². The van der Waals surface area contributed by atoms with Crippen molar-refractivity contribution in [2.75, 3.05) is 19.3 Å². The Morgan fingerprint density at radius 2 is 2.22 bits per heavy atom. The smallest absolute Gasteiger partial charge is 0.0500 e. The predicted molar refractivity (Wildman–Crippen MR) is 76.6 cm³/mol. The van der Waals surface area contributed by atoms with Crippen LogP contribution in [0.1, 0.15) is 19.3 Å². The Hall–Kier alpha value is -1.48. The number of aromatic nitrogens is 1. The second-order valence-electron chi connectivity index (χ2n) is 5.39. The van der Waals surface area contributed by atoms with Crippen LogP contribution in [0, 0.1) is 0 Å². The molecular weight excluding hydrogens is 222 g/mol. The first-order valence-electron chi connectivity index (χ1n) is 6.78. The zero-order valence-electron chi connectivity index (χ0n) is 11.0. The van der Waals surface area contributed by atoms with Crippen molar-refractivity contribution in [2.45, 2.75) is 31.8 Å². The number of aryl methyl sites for hydroxylation is 1. The number of hydrogen-bond acceptors (Lipinski definition) is 2. The lowest BCUT2D eigenvalue weighted by atomic mass is 10.1. The largest absolute Gasteiger partial charge is 0.399 e. The Morgan fingerprint density at radius 3 is 3.00 bits per heavy atom. The highest BCUT2D eigenvalue weighted by molar-refractivity contribution is 5.83. The van der Waals surface area contributed by atoms with Gasteiger partial charge in [-0.1, -0.05) is 6.07 Å². The molecule has 2 heterocycles. The minimum Gasteiger partial charge on any atom is -0.399 e. The van der Waals surface area contributed by atoms with E-state index in [4.69, 9.17) is 5.73 Å². The van der Waals surface area contributed by atoms with Crippen LogP contribution >= 0.6 is 0 Å². The van der Waals surface area contributed by atoms with E-state index in [2.05, 4.69) is 40.9 Å². The summed E-state index contributed by atoms with van der Waals surface area (Å²) in [5.74, 6) is 0. The number of nitrogen functional groups attached to an aromatic ring is 1. The Kier molecular flexibility index (Phi) is 3.00. The highest BCUT2D eigenvalue weighted by atomic mass is 15.1. The van der Waals surface area contributed by atoms with Gasteiger partial charge in [-0.05, 0) is 56.4 Å². The lowest BCUT2D eigenvalue weighted by Crippen LogP contribution is -2.25. The van der Waals surface area contributed by atoms with Crippen molar-refractivity contribution >= 4 is 16.6 Å². The standard InChI is InChI=1S/C15H21N3/c1-17-8-2-3-14(17)7-10-18-9-6-12-4-5-13(16)11-15(12)18/h4-6,9,11,14H,2-3,7-8,10,16H2,1H3. The lowest BCUT2D eigenvalue weighted by Gasteiger charge is -2.19. The van der Waals surface area contributed by atoms with Crippen LogP contribution in [-0.4, -0.2) is 29.1 Å². The monoisotopic (exact) mass is 243 g/mol. The fourth-order valence-electron chi connectivity index (χ4n) is 3.03. The van der Waals surface area contributed by atoms with E-state index in [0.29, 0.717) is 0 Å². The molecule has 1 aliphatic heterocycles. The zero-order valence-corrected chi connectivity index (χ0v) is 11.0. The lowest BCUT2D eigenvalue weighted by molar-refractivity contribution is 0.287. The molecule has 96 valence electrons. The van der Waals surface area contributed by atoms with Crippen molar-refractivity contribution in [1.82, 2.24) is 9.47 Å². The maximum Gasteiger partial charge on any atom is 0.0500 e. The molecule has 0 aliphatic carbocycles. The summed E-state index contributed by atoms with van der Waals surface area (Å²) in [4.78, 5) is 2.49. The van der Waals surface area contributed by atoms with Crippen molar-refractivity contribution in [3.05, 3.63) is 30.5 Å². The third-order valence-corrected chi connectivity index (χ3v) is 4.17. The summed E-state index contributed by atoms with van der Waals surface area (Å²) in [6, 6.07) is 9.07. The van der Waals surface area contributed by atoms with Crippen LogP contribution in [-0.2, 0) is 6.54 Å². The van der Waals surface area contributed by atoms with Gasteiger partial charge in [0, 0.05) is 24.5 Å². The Labute approximate surface area is 108 Å². The zero-order chi connectivity index (χ0) is 12.5. The molecule has 0 saturated carbocycles. The van der Waals surface area contributed by atoms with Gasteiger partial charge < -0.3 is 15.2 Å². The summed E-state index contributed by atoms with van der Waals surface area (Å²) in [5, 5.41) is 1.28. The van der Waals surface area contributed by atoms with Crippen LogP contribution in [0.3, 0.4) is 0 Å². The second-order valence-corrected chi connectivity index (χ2v) is 5.39. The summed E-state index contributed by atoms with van der Waals surface area (Å²) in [6.45, 7) is 2.34. The summed E-state index contributed by atoms with van der Waals surface area (Å²) in [7, 11) is 2.24. The Bertz CT molecular complexity index is 544. The summed E-state index contributed by atoms with van der Waals surface area (Å²) >= 11 is 0. The Morgan fingerprint density at radius 1 is 1.33 bits per heavy atom. The van der Waals surface area contributed by atoms with Crippen LogP contribution in [0.4, 0.5) is 5.69 Å². The topological polar surface area (TPSA) is 34.2 Å². The van der Waals surface area contributed by atoms with Gasteiger partial charge >= 0.3 is 0 Å². The van der Waals surface area contributed by atoms with Gasteiger partial charge in [0.25, 0.3) is 0 Å². The molecule has 1 atom stereocenters. The first-order chi connectivity index (χ1) is 8.74. The molecule has 3 rings (SSSR count). The first-order valence-corrected chi connectivity index (χ1v) is 6.78. The number of nitrogens with zero attached hydrogens (tertiary/aromatic N) is 2. The molecule has 3 nitrogen and oxygen atoms in total. The van der Waals surface area contributed by atoms with E-state index in [-0.39, 0.29) is 0 Å². The highest BCUT2D eigenvalue weighted by Crippen LogP contribution is 2.22. The quantitative estimate of drug-likeness (QED) is 0.841. The summed E-state index contributed by atoms with van der Waals surface area (Å²) in [5.41, 5.74) is 7.98. The van der Waals surface area contributed by atoms with E-state index in [0.717, 1.165) is 18.3 Å². The Balaban J connectivity index is 1.76. The molecule has 1 aliphatic rings. The molecule has 1 fully saturated rings. The highest BCUT2D eigenvalue weighted by Gasteiger charge is 2.20. The first kappa shape index (κ1) is 11.6. The van der Waals surface area contributed by atoms with Gasteiger partial charge in [-0.3, -0.25) is 0 Å². The van der Waals surface area contributed by atoms with Gasteiger partial charge in [0.2, 0.25) is 0 Å². The average molecular weight is 243 g/mol. The minimum atomic E-state index is 0.753. The number of rotatable bonds is 3. The predicted octanol–water partition coefficient (Wildman–Crippen LogP) is 2.71. The van der Waals surface area contributed by atoms with Crippen LogP contribution in [0.5, 0.6) is 0 Å². The number of fused-ring (bicyclic) bond motifs is 1. The summed E-state index contributed by atoms with van der Waals surface area (Å²) < 4.78 is 2.33. The number of anilines is 1. The van der Waals surface area contributed by atoms with Crippen molar-refractivity contribution in [1.29, 1.82) is 0 Å². The number of likely N-dealkylation sites (tertiary alicyclic amines) is 1. The molecule has 0 bridgehead atoms. The van der Waals surface area contributed by atoms with Gasteiger partial charge in [0.15, 0.2) is 0 Å². The van der Waals surface area contributed by atoms with Gasteiger partial charge in [0.1, 0.15) is 0 Å². The fraction of sp³-hybridized carbons (Fsp3) is 0.467. The second kappa shape index (κ2) is 4.65. The number of benzene rings is 1. The van der Waals surface area contributed by atoms with E-state index in [1.807, 2.05) is 6.07 Å². The van der Waals surface area contributed by atoms with E-state index >= 15 is 0 Å². The summed E-state index contributed by atoms with van der Waals surface area (Å²) in [6.07, 6.45) is 6.10. The van der Waals surface area contributed by atoms with Crippen molar-refractivity contribution in [3.63, 3.8) is 0 Å².